The van der Waals surface area contributed by atoms with E-state index in [4.69, 9.17) is 4.42 Å². The molecule has 8 heterocycles. The van der Waals surface area contributed by atoms with Crippen LogP contribution in [-0.2, 0) is 0 Å². The average molecular weight is 1190 g/mol. The second-order valence-corrected chi connectivity index (χ2v) is 25.3. The van der Waals surface area contributed by atoms with Gasteiger partial charge in [0.15, 0.2) is 11.5 Å². The molecule has 432 valence electrons. The highest BCUT2D eigenvalue weighted by atomic mass is 16.3. The highest BCUT2D eigenvalue weighted by molar-refractivity contribution is 7.03. The monoisotopic (exact) mass is 1190 g/mol. The molecule has 14 aromatic rings. The Kier molecular flexibility index (Phi) is 10.3. The average Bonchev–Trinajstić information content (AvgIpc) is 1.59. The molecule has 93 heavy (non-hydrogen) atoms. The lowest BCUT2D eigenvalue weighted by Gasteiger charge is -2.53. The van der Waals surface area contributed by atoms with Crippen molar-refractivity contribution in [1.82, 2.24) is 0 Å². The van der Waals surface area contributed by atoms with Crippen molar-refractivity contribution in [3.8, 4) is 44.9 Å². The Morgan fingerprint density at radius 2 is 0.731 bits per heavy atom. The van der Waals surface area contributed by atoms with E-state index in [1.807, 2.05) is 0 Å². The van der Waals surface area contributed by atoms with E-state index in [0.29, 0.717) is 0 Å². The number of furan rings is 1. The predicted octanol–water partition coefficient (Wildman–Crippen LogP) is 18.3. The van der Waals surface area contributed by atoms with Gasteiger partial charge in [0.1, 0.15) is 11.4 Å². The van der Waals surface area contributed by atoms with Gasteiger partial charge in [-0.1, -0.05) is 218 Å². The van der Waals surface area contributed by atoms with Gasteiger partial charge in [-0.05, 0) is 140 Å². The first-order valence-electron chi connectivity index (χ1n) is 32.2. The third-order valence-corrected chi connectivity index (χ3v) is 20.4. The minimum Gasteiger partial charge on any atom is -0.452 e. The topological polar surface area (TPSA) is 53.4 Å². The molecule has 1 aromatic heterocycles. The fourth-order valence-electron chi connectivity index (χ4n) is 16.7. The van der Waals surface area contributed by atoms with Crippen LogP contribution in [-0.4, -0.2) is 13.4 Å². The number of para-hydroxylation sites is 6. The lowest BCUT2D eigenvalue weighted by atomic mass is 9.30. The van der Waals surface area contributed by atoms with Gasteiger partial charge in [0.2, 0.25) is 0 Å². The molecule has 0 bridgehead atoms. The molecule has 21 rings (SSSR count). The normalized spacial score (nSPS) is 13.7. The van der Waals surface area contributed by atoms with Crippen LogP contribution in [0.1, 0.15) is 5.56 Å². The van der Waals surface area contributed by atoms with Crippen molar-refractivity contribution in [3.63, 3.8) is 0 Å². The first kappa shape index (κ1) is 50.7. The number of aryl methyl sites for hydroxylation is 1. The molecular weight excluding hydrogens is 1130 g/mol. The van der Waals surface area contributed by atoms with E-state index in [0.717, 1.165) is 125 Å². The largest absolute Gasteiger partial charge is 0.452 e. The Morgan fingerprint density at radius 3 is 1.29 bits per heavy atom. The smallest absolute Gasteiger partial charge is 0.252 e. The molecule has 0 fully saturated rings. The van der Waals surface area contributed by atoms with Crippen LogP contribution in [0.3, 0.4) is 0 Å². The van der Waals surface area contributed by atoms with Gasteiger partial charge in [-0.2, -0.15) is 0 Å². The molecule has 7 aliphatic rings. The maximum absolute atomic E-state index is 7.88. The fraction of sp³-hybridized carbons (Fsp3) is 0.0120. The Labute approximate surface area is 539 Å². The van der Waals surface area contributed by atoms with E-state index in [2.05, 4.69) is 333 Å². The Bertz CT molecular complexity index is 5470. The zero-order valence-electron chi connectivity index (χ0n) is 50.5. The number of fused-ring (bicyclic) bond motifs is 17. The van der Waals surface area contributed by atoms with Crippen LogP contribution in [0, 0.1) is 6.92 Å². The van der Waals surface area contributed by atoms with E-state index < -0.39 is 0 Å². The zero-order valence-corrected chi connectivity index (χ0v) is 50.5. The Morgan fingerprint density at radius 1 is 0.301 bits per heavy atom. The Balaban J connectivity index is 0.941. The summed E-state index contributed by atoms with van der Waals surface area (Å²) < 4.78 is 7.88. The summed E-state index contributed by atoms with van der Waals surface area (Å²) in [6.45, 7) is 1.88. The molecule has 0 spiro atoms. The molecule has 8 nitrogen and oxygen atoms in total. The zero-order chi connectivity index (χ0) is 60.7. The molecule has 0 radical (unpaired) electrons. The van der Waals surface area contributed by atoms with Crippen molar-refractivity contribution in [3.05, 3.63) is 297 Å². The second-order valence-electron chi connectivity index (χ2n) is 25.3. The summed E-state index contributed by atoms with van der Waals surface area (Å²) in [5.74, 6) is 1.60. The summed E-state index contributed by atoms with van der Waals surface area (Å²) in [4.78, 5) is 12.9. The molecule has 7 aliphatic heterocycles. The standard InChI is InChI=1S/C83H53B2N7O/c1-50-46-69-72-78-74(50)86-63-36-20-23-39-67(63)90(78)68-48-56(52-26-10-3-11-27-52)40-42-59(68)84(72)60-43-44-61-77-76(60)91(69)80-81(83(54-30-14-5-15-31-54)93-82(80)53-28-12-4-13-29-53)92(77)70-49-71(88(57-32-16-6-17-33-57)58-34-18-7-19-35-58)75-79-73(70)85(61)62-47-55(51-24-8-2-9-25-51)41-45-65(62)89(79)66-38-22-21-37-64(66)87-75/h2-49,86-87H,1H3. The fourth-order valence-corrected chi connectivity index (χ4v) is 16.7. The van der Waals surface area contributed by atoms with Crippen molar-refractivity contribution in [1.29, 1.82) is 0 Å². The van der Waals surface area contributed by atoms with Crippen LogP contribution in [0.5, 0.6) is 0 Å². The van der Waals surface area contributed by atoms with Crippen LogP contribution in [0.15, 0.2) is 296 Å². The summed E-state index contributed by atoms with van der Waals surface area (Å²) in [5, 5.41) is 8.23. The summed E-state index contributed by atoms with van der Waals surface area (Å²) in [6, 6.07) is 107. The van der Waals surface area contributed by atoms with Crippen LogP contribution in [0.4, 0.5) is 108 Å². The molecule has 0 saturated carbocycles. The Hall–Kier alpha value is -12.1. The summed E-state index contributed by atoms with van der Waals surface area (Å²) >= 11 is 0. The molecule has 0 unspecified atom stereocenters. The summed E-state index contributed by atoms with van der Waals surface area (Å²) in [7, 11) is 0. The van der Waals surface area contributed by atoms with Gasteiger partial charge >= 0.3 is 0 Å². The summed E-state index contributed by atoms with van der Waals surface area (Å²) in [5.41, 5.74) is 36.0. The number of nitrogens with zero attached hydrogens (tertiary/aromatic N) is 5. The molecule has 0 amide bonds. The number of hydrogen-bond donors (Lipinski definition) is 2. The molecule has 0 aliphatic carbocycles. The maximum Gasteiger partial charge on any atom is 0.252 e. The SMILES string of the molecule is Cc1cc2c3c4c1Nc1ccccc1N4c1cc(-c4ccccc4)ccc1B3c1ccc3c4c1N2c1c(-c2ccccc2)oc(-c2ccccc2)c1N4c1cc(N(c2ccccc2)c2ccccc2)c2c4c1B3c1cc(-c3ccccc3)ccc1N4c1ccccc1N2. The van der Waals surface area contributed by atoms with Gasteiger partial charge in [-0.25, -0.2) is 0 Å². The third kappa shape index (κ3) is 6.90. The number of anilines is 19. The highest BCUT2D eigenvalue weighted by Crippen LogP contribution is 2.66. The first-order valence-corrected chi connectivity index (χ1v) is 32.2. The van der Waals surface area contributed by atoms with Gasteiger partial charge in [-0.15, -0.1) is 0 Å². The summed E-state index contributed by atoms with van der Waals surface area (Å²) in [6.07, 6.45) is 0. The second kappa shape index (κ2) is 19.0. The van der Waals surface area contributed by atoms with Crippen molar-refractivity contribution in [2.45, 2.75) is 6.92 Å². The quantitative estimate of drug-likeness (QED) is 0.153. The molecule has 13 aromatic carbocycles. The van der Waals surface area contributed by atoms with Crippen molar-refractivity contribution < 1.29 is 4.42 Å². The molecule has 10 heteroatoms. The minimum absolute atomic E-state index is 0.176. The van der Waals surface area contributed by atoms with Crippen LogP contribution < -0.4 is 67.9 Å². The number of hydrogen-bond acceptors (Lipinski definition) is 8. The van der Waals surface area contributed by atoms with Crippen molar-refractivity contribution in [2.24, 2.45) is 0 Å². The third-order valence-electron chi connectivity index (χ3n) is 20.4. The molecule has 0 saturated heterocycles. The van der Waals surface area contributed by atoms with Crippen LogP contribution >= 0.6 is 0 Å². The lowest BCUT2D eigenvalue weighted by Crippen LogP contribution is -2.65. The number of rotatable bonds is 7. The number of nitrogens with one attached hydrogen (secondary N) is 2. The van der Waals surface area contributed by atoms with Crippen molar-refractivity contribution in [2.75, 3.05) is 35.1 Å². The molecule has 2 N–H and O–H groups in total. The van der Waals surface area contributed by atoms with E-state index in [-0.39, 0.29) is 13.4 Å². The van der Waals surface area contributed by atoms with Crippen molar-refractivity contribution >= 4 is 154 Å². The van der Waals surface area contributed by atoms with Gasteiger partial charge in [-0.3, -0.25) is 0 Å². The van der Waals surface area contributed by atoms with Crippen LogP contribution in [0.2, 0.25) is 0 Å². The van der Waals surface area contributed by atoms with E-state index in [9.17, 15) is 0 Å². The lowest BCUT2D eigenvalue weighted by molar-refractivity contribution is 0.598. The van der Waals surface area contributed by atoms with Gasteiger partial charge in [0.25, 0.3) is 13.4 Å². The van der Waals surface area contributed by atoms with E-state index >= 15 is 0 Å². The number of benzene rings is 13. The van der Waals surface area contributed by atoms with E-state index in [1.165, 1.54) is 66.4 Å². The van der Waals surface area contributed by atoms with Gasteiger partial charge < -0.3 is 39.6 Å². The van der Waals surface area contributed by atoms with E-state index in [1.54, 1.807) is 0 Å². The minimum atomic E-state index is -0.234. The van der Waals surface area contributed by atoms with Crippen LogP contribution in [0.25, 0.3) is 44.9 Å². The van der Waals surface area contributed by atoms with Gasteiger partial charge in [0.05, 0.1) is 62.6 Å². The maximum atomic E-state index is 7.88. The highest BCUT2D eigenvalue weighted by Gasteiger charge is 2.56. The first-order chi connectivity index (χ1) is 46.1. The predicted molar refractivity (Wildman–Crippen MR) is 388 cm³/mol. The van der Waals surface area contributed by atoms with Gasteiger partial charge in [0, 0.05) is 45.3 Å². The molecular formula is C83H53B2N7O. The molecule has 0 atom stereocenters.